The molecule has 1 fully saturated rings. The molecule has 0 aliphatic carbocycles. The van der Waals surface area contributed by atoms with Crippen LogP contribution in [0.1, 0.15) is 30.9 Å². The van der Waals surface area contributed by atoms with E-state index in [0.717, 1.165) is 36.7 Å². The van der Waals surface area contributed by atoms with Crippen LogP contribution in [-0.2, 0) is 6.54 Å². The van der Waals surface area contributed by atoms with Crippen molar-refractivity contribution in [1.82, 2.24) is 10.2 Å². The maximum Gasteiger partial charge on any atom is 0.314 e. The highest BCUT2D eigenvalue weighted by atomic mass is 35.5. The van der Waals surface area contributed by atoms with Crippen LogP contribution in [0.5, 0.6) is 0 Å². The summed E-state index contributed by atoms with van der Waals surface area (Å²) >= 11 is 6.07. The van der Waals surface area contributed by atoms with Gasteiger partial charge in [0.15, 0.2) is 0 Å². The van der Waals surface area contributed by atoms with Gasteiger partial charge in [-0.2, -0.15) is 4.59 Å². The van der Waals surface area contributed by atoms with Crippen LogP contribution in [0.15, 0.2) is 35.2 Å². The SMILES string of the molecule is CC[N+]1(Cc2ccc(Cl)cc2C)C=C(NC2CCN(C(N)=O)CC2)C=N1. The average Bonchev–Trinajstić information content (AvgIpc) is 3.01. The molecule has 3 N–H and O–H groups in total. The van der Waals surface area contributed by atoms with Crippen molar-refractivity contribution in [3.05, 3.63) is 46.2 Å². The van der Waals surface area contributed by atoms with Gasteiger partial charge in [-0.3, -0.25) is 0 Å². The highest BCUT2D eigenvalue weighted by molar-refractivity contribution is 6.30. The first-order chi connectivity index (χ1) is 12.4. The molecule has 0 radical (unpaired) electrons. The van der Waals surface area contributed by atoms with Crippen molar-refractivity contribution in [2.24, 2.45) is 10.8 Å². The smallest absolute Gasteiger partial charge is 0.314 e. The number of carbonyl (C=O) groups is 1. The van der Waals surface area contributed by atoms with Gasteiger partial charge in [-0.1, -0.05) is 22.8 Å². The number of allylic oxidation sites excluding steroid dienone is 1. The highest BCUT2D eigenvalue weighted by Gasteiger charge is 2.31. The standard InChI is InChI=1S/C19H26ClN5O/c1-3-25(12-15-4-5-16(20)10-14(15)2)13-18(11-22-25)23-17-6-8-24(9-7-17)19(21)26/h4-5,10-11,13,17,23H,3,6-9,12H2,1-2H3,(H-,21,26)/p+1. The largest absolute Gasteiger partial charge is 0.376 e. The van der Waals surface area contributed by atoms with Crippen LogP contribution in [-0.4, -0.2) is 47.4 Å². The first-order valence-corrected chi connectivity index (χ1v) is 9.50. The first-order valence-electron chi connectivity index (χ1n) is 9.12. The number of quaternary nitrogens is 1. The lowest BCUT2D eigenvalue weighted by Crippen LogP contribution is -2.46. The van der Waals surface area contributed by atoms with E-state index in [-0.39, 0.29) is 6.03 Å². The number of benzene rings is 1. The lowest BCUT2D eigenvalue weighted by atomic mass is 10.1. The summed E-state index contributed by atoms with van der Waals surface area (Å²) in [6, 6.07) is 6.04. The van der Waals surface area contributed by atoms with E-state index in [9.17, 15) is 4.79 Å². The molecule has 2 aliphatic rings. The van der Waals surface area contributed by atoms with Crippen LogP contribution in [0.25, 0.3) is 0 Å². The van der Waals surface area contributed by atoms with Crippen LogP contribution in [0, 0.1) is 6.92 Å². The molecule has 0 spiro atoms. The van der Waals surface area contributed by atoms with E-state index in [4.69, 9.17) is 22.4 Å². The number of urea groups is 1. The van der Waals surface area contributed by atoms with Gasteiger partial charge in [0.1, 0.15) is 31.2 Å². The van der Waals surface area contributed by atoms with E-state index in [1.807, 2.05) is 18.3 Å². The fourth-order valence-electron chi connectivity index (χ4n) is 3.56. The second-order valence-electron chi connectivity index (χ2n) is 7.11. The molecule has 0 saturated carbocycles. The Labute approximate surface area is 159 Å². The monoisotopic (exact) mass is 376 g/mol. The molecular formula is C19H27ClN5O+. The van der Waals surface area contributed by atoms with Crippen molar-refractivity contribution in [1.29, 1.82) is 0 Å². The van der Waals surface area contributed by atoms with Crippen molar-refractivity contribution < 1.29 is 9.39 Å². The molecule has 1 aromatic rings. The number of hydrogen-bond donors (Lipinski definition) is 2. The minimum atomic E-state index is -0.329. The van der Waals surface area contributed by atoms with Gasteiger partial charge in [0.05, 0.1) is 0 Å². The number of amides is 2. The third-order valence-electron chi connectivity index (χ3n) is 5.28. The Kier molecular flexibility index (Phi) is 5.53. The summed E-state index contributed by atoms with van der Waals surface area (Å²) in [7, 11) is 0. The van der Waals surface area contributed by atoms with Gasteiger partial charge in [0, 0.05) is 29.7 Å². The zero-order valence-corrected chi connectivity index (χ0v) is 16.2. The maximum atomic E-state index is 11.2. The Morgan fingerprint density at radius 2 is 2.15 bits per heavy atom. The summed E-state index contributed by atoms with van der Waals surface area (Å²) < 4.78 is 0.547. The molecule has 2 amide bonds. The zero-order valence-electron chi connectivity index (χ0n) is 15.4. The molecule has 0 bridgehead atoms. The third kappa shape index (κ3) is 4.19. The Bertz CT molecular complexity index is 739. The normalized spacial score (nSPS) is 23.2. The summed E-state index contributed by atoms with van der Waals surface area (Å²) in [6.45, 7) is 7.32. The van der Waals surface area contributed by atoms with E-state index < -0.39 is 0 Å². The van der Waals surface area contributed by atoms with Gasteiger partial charge in [-0.05, 0) is 44.4 Å². The van der Waals surface area contributed by atoms with Crippen molar-refractivity contribution in [2.75, 3.05) is 19.6 Å². The molecule has 140 valence electrons. The number of carbonyl (C=O) groups excluding carboxylic acids is 1. The lowest BCUT2D eigenvalue weighted by Gasteiger charge is -2.31. The number of hydrogen-bond acceptors (Lipinski definition) is 3. The van der Waals surface area contributed by atoms with Gasteiger partial charge < -0.3 is 16.0 Å². The quantitative estimate of drug-likeness (QED) is 0.775. The number of aryl methyl sites for hydroxylation is 1. The second kappa shape index (κ2) is 7.68. The number of likely N-dealkylation sites (tertiary alicyclic amines) is 1. The van der Waals surface area contributed by atoms with Crippen LogP contribution in [0.4, 0.5) is 4.79 Å². The van der Waals surface area contributed by atoms with Crippen LogP contribution >= 0.6 is 11.6 Å². The molecule has 26 heavy (non-hydrogen) atoms. The maximum absolute atomic E-state index is 11.2. The van der Waals surface area contributed by atoms with Gasteiger partial charge in [0.25, 0.3) is 0 Å². The summed E-state index contributed by atoms with van der Waals surface area (Å²) in [4.78, 5) is 12.9. The molecule has 1 aromatic carbocycles. The Hall–Kier alpha value is -2.05. The number of halogens is 1. The van der Waals surface area contributed by atoms with Crippen molar-refractivity contribution in [3.8, 4) is 0 Å². The molecule has 1 saturated heterocycles. The van der Waals surface area contributed by atoms with E-state index >= 15 is 0 Å². The Morgan fingerprint density at radius 3 is 2.77 bits per heavy atom. The number of nitrogens with zero attached hydrogens (tertiary/aromatic N) is 3. The van der Waals surface area contributed by atoms with Gasteiger partial charge >= 0.3 is 6.03 Å². The second-order valence-corrected chi connectivity index (χ2v) is 7.54. The number of nitrogens with two attached hydrogens (primary N) is 1. The molecule has 0 aromatic heterocycles. The van der Waals surface area contributed by atoms with Crippen molar-refractivity contribution in [2.45, 2.75) is 39.3 Å². The van der Waals surface area contributed by atoms with Crippen LogP contribution in [0.3, 0.4) is 0 Å². The summed E-state index contributed by atoms with van der Waals surface area (Å²) in [5.41, 5.74) is 8.84. The Morgan fingerprint density at radius 1 is 1.42 bits per heavy atom. The average molecular weight is 377 g/mol. The molecule has 1 atom stereocenters. The Balaban J connectivity index is 1.65. The molecule has 3 rings (SSSR count). The molecule has 1 unspecified atom stereocenters. The zero-order chi connectivity index (χ0) is 18.7. The topological polar surface area (TPSA) is 70.7 Å². The molecule has 2 aliphatic heterocycles. The predicted molar refractivity (Wildman–Crippen MR) is 105 cm³/mol. The fraction of sp³-hybridized carbons (Fsp3) is 0.474. The minimum absolute atomic E-state index is 0.329. The highest BCUT2D eigenvalue weighted by Crippen LogP contribution is 2.25. The molecular weight excluding hydrogens is 350 g/mol. The van der Waals surface area contributed by atoms with Gasteiger partial charge in [-0.15, -0.1) is 0 Å². The minimum Gasteiger partial charge on any atom is -0.376 e. The van der Waals surface area contributed by atoms with E-state index in [2.05, 4.69) is 31.4 Å². The van der Waals surface area contributed by atoms with E-state index in [1.54, 1.807) is 4.90 Å². The van der Waals surface area contributed by atoms with E-state index in [0.29, 0.717) is 23.7 Å². The van der Waals surface area contributed by atoms with Gasteiger partial charge in [0.2, 0.25) is 0 Å². The summed E-state index contributed by atoms with van der Waals surface area (Å²) in [6.07, 6.45) is 5.91. The number of primary amides is 1. The summed E-state index contributed by atoms with van der Waals surface area (Å²) in [5.74, 6) is 0. The number of rotatable bonds is 5. The first kappa shape index (κ1) is 18.7. The summed E-state index contributed by atoms with van der Waals surface area (Å²) in [5, 5.41) is 9.11. The van der Waals surface area contributed by atoms with Crippen molar-refractivity contribution >= 4 is 23.8 Å². The molecule has 2 heterocycles. The molecule has 6 nitrogen and oxygen atoms in total. The predicted octanol–water partition coefficient (Wildman–Crippen LogP) is 2.96. The number of piperidine rings is 1. The third-order valence-corrected chi connectivity index (χ3v) is 5.52. The van der Waals surface area contributed by atoms with Gasteiger partial charge in [-0.25, -0.2) is 4.79 Å². The van der Waals surface area contributed by atoms with Crippen LogP contribution < -0.4 is 11.1 Å². The molecule has 7 heteroatoms. The number of nitrogens with one attached hydrogen (secondary N) is 1. The van der Waals surface area contributed by atoms with Crippen molar-refractivity contribution in [3.63, 3.8) is 0 Å². The van der Waals surface area contributed by atoms with Crippen LogP contribution in [0.2, 0.25) is 5.02 Å². The fourth-order valence-corrected chi connectivity index (χ4v) is 3.79. The lowest BCUT2D eigenvalue weighted by molar-refractivity contribution is -0.895. The van der Waals surface area contributed by atoms with E-state index in [1.165, 1.54) is 11.1 Å².